The topological polar surface area (TPSA) is 50.1 Å². The largest absolute Gasteiger partial charge is 0.375 e. The highest BCUT2D eigenvalue weighted by molar-refractivity contribution is 4.83. The zero-order valence-corrected chi connectivity index (χ0v) is 12.7. The van der Waals surface area contributed by atoms with E-state index < -0.39 is 0 Å². The van der Waals surface area contributed by atoms with Crippen LogP contribution in [0.3, 0.4) is 0 Å². The normalized spacial score (nSPS) is 41.3. The molecule has 3 unspecified atom stereocenters. The van der Waals surface area contributed by atoms with Crippen LogP contribution in [0.1, 0.15) is 25.7 Å². The third kappa shape index (κ3) is 4.89. The SMILES string of the molecule is C1CC(OCC2CO2)CCC1CN(CC1CO1)CC1CO1. The minimum atomic E-state index is 0.398. The Balaban J connectivity index is 1.16. The molecule has 3 aliphatic heterocycles. The lowest BCUT2D eigenvalue weighted by molar-refractivity contribution is 0.00634. The molecule has 0 amide bonds. The van der Waals surface area contributed by atoms with Gasteiger partial charge in [-0.25, -0.2) is 0 Å². The zero-order valence-electron chi connectivity index (χ0n) is 12.7. The summed E-state index contributed by atoms with van der Waals surface area (Å²) < 4.78 is 21.9. The fraction of sp³-hybridized carbons (Fsp3) is 1.00. The molecule has 1 saturated carbocycles. The van der Waals surface area contributed by atoms with E-state index in [1.54, 1.807) is 0 Å². The highest BCUT2D eigenvalue weighted by atomic mass is 16.6. The summed E-state index contributed by atoms with van der Waals surface area (Å²) in [7, 11) is 0. The predicted molar refractivity (Wildman–Crippen MR) is 77.4 cm³/mol. The average molecular weight is 297 g/mol. The van der Waals surface area contributed by atoms with Crippen LogP contribution in [0.4, 0.5) is 0 Å². The van der Waals surface area contributed by atoms with Crippen molar-refractivity contribution >= 4 is 0 Å². The van der Waals surface area contributed by atoms with Gasteiger partial charge in [0, 0.05) is 19.6 Å². The Hall–Kier alpha value is -0.200. The Kier molecular flexibility index (Phi) is 4.46. The first-order valence-electron chi connectivity index (χ1n) is 8.54. The third-order valence-electron chi connectivity index (χ3n) is 4.96. The first-order valence-corrected chi connectivity index (χ1v) is 8.54. The summed E-state index contributed by atoms with van der Waals surface area (Å²) in [5.74, 6) is 0.819. The van der Waals surface area contributed by atoms with E-state index in [1.807, 2.05) is 0 Å². The number of epoxide rings is 3. The maximum atomic E-state index is 5.93. The van der Waals surface area contributed by atoms with E-state index in [0.717, 1.165) is 45.4 Å². The Morgan fingerprint density at radius 3 is 1.86 bits per heavy atom. The summed E-state index contributed by atoms with van der Waals surface area (Å²) in [6, 6.07) is 0. The van der Waals surface area contributed by atoms with E-state index >= 15 is 0 Å². The van der Waals surface area contributed by atoms with Crippen molar-refractivity contribution in [3.63, 3.8) is 0 Å². The van der Waals surface area contributed by atoms with Gasteiger partial charge in [0.2, 0.25) is 0 Å². The van der Waals surface area contributed by atoms with Gasteiger partial charge >= 0.3 is 0 Å². The monoisotopic (exact) mass is 297 g/mol. The molecule has 0 aromatic rings. The molecule has 4 fully saturated rings. The van der Waals surface area contributed by atoms with Crippen LogP contribution >= 0.6 is 0 Å². The maximum Gasteiger partial charge on any atom is 0.104 e. The van der Waals surface area contributed by atoms with Gasteiger partial charge in [-0.3, -0.25) is 4.90 Å². The molecule has 3 atom stereocenters. The molecule has 1 aliphatic carbocycles. The van der Waals surface area contributed by atoms with Crippen molar-refractivity contribution in [1.82, 2.24) is 4.90 Å². The summed E-state index contributed by atoms with van der Waals surface area (Å²) in [5.41, 5.74) is 0. The third-order valence-corrected chi connectivity index (χ3v) is 4.96. The molecule has 0 spiro atoms. The molecule has 4 aliphatic rings. The quantitative estimate of drug-likeness (QED) is 0.596. The summed E-state index contributed by atoms with van der Waals surface area (Å²) in [6.07, 6.45) is 6.86. The summed E-state index contributed by atoms with van der Waals surface area (Å²) in [5, 5.41) is 0. The van der Waals surface area contributed by atoms with E-state index in [2.05, 4.69) is 4.90 Å². The highest BCUT2D eigenvalue weighted by Gasteiger charge is 2.33. The van der Waals surface area contributed by atoms with Crippen molar-refractivity contribution in [3.05, 3.63) is 0 Å². The smallest absolute Gasteiger partial charge is 0.104 e. The molecule has 120 valence electrons. The minimum Gasteiger partial charge on any atom is -0.375 e. The lowest BCUT2D eigenvalue weighted by Gasteiger charge is -2.32. The van der Waals surface area contributed by atoms with Crippen molar-refractivity contribution < 1.29 is 18.9 Å². The summed E-state index contributed by atoms with van der Waals surface area (Å²) >= 11 is 0. The number of ether oxygens (including phenoxy) is 4. The molecule has 3 saturated heterocycles. The molecular weight excluding hydrogens is 270 g/mol. The number of rotatable bonds is 9. The Bertz CT molecular complexity index is 319. The van der Waals surface area contributed by atoms with Crippen molar-refractivity contribution in [1.29, 1.82) is 0 Å². The molecule has 21 heavy (non-hydrogen) atoms. The van der Waals surface area contributed by atoms with Crippen molar-refractivity contribution in [2.45, 2.75) is 50.1 Å². The second kappa shape index (κ2) is 6.50. The lowest BCUT2D eigenvalue weighted by atomic mass is 9.87. The summed E-state index contributed by atoms with van der Waals surface area (Å²) in [4.78, 5) is 2.57. The van der Waals surface area contributed by atoms with Crippen LogP contribution in [-0.4, -0.2) is 75.4 Å². The Labute approximate surface area is 126 Å². The molecule has 4 rings (SSSR count). The van der Waals surface area contributed by atoms with Gasteiger partial charge in [0.15, 0.2) is 0 Å². The molecular formula is C16H27NO4. The minimum absolute atomic E-state index is 0.398. The zero-order chi connectivity index (χ0) is 14.1. The number of hydrogen-bond acceptors (Lipinski definition) is 5. The van der Waals surface area contributed by atoms with Crippen LogP contribution in [-0.2, 0) is 18.9 Å². The van der Waals surface area contributed by atoms with Gasteiger partial charge in [-0.1, -0.05) is 0 Å². The van der Waals surface area contributed by atoms with Crippen LogP contribution in [0.25, 0.3) is 0 Å². The highest BCUT2D eigenvalue weighted by Crippen LogP contribution is 2.28. The van der Waals surface area contributed by atoms with Crippen LogP contribution in [0.2, 0.25) is 0 Å². The first-order chi connectivity index (χ1) is 10.3. The molecule has 0 bridgehead atoms. The number of nitrogens with zero attached hydrogens (tertiary/aromatic N) is 1. The van der Waals surface area contributed by atoms with Gasteiger partial charge < -0.3 is 18.9 Å². The van der Waals surface area contributed by atoms with Gasteiger partial charge in [-0.2, -0.15) is 0 Å². The van der Waals surface area contributed by atoms with Crippen molar-refractivity contribution in [2.24, 2.45) is 5.92 Å². The van der Waals surface area contributed by atoms with Crippen LogP contribution < -0.4 is 0 Å². The van der Waals surface area contributed by atoms with Gasteiger partial charge in [-0.05, 0) is 31.6 Å². The van der Waals surface area contributed by atoms with E-state index in [9.17, 15) is 0 Å². The maximum absolute atomic E-state index is 5.93. The van der Waals surface area contributed by atoms with Crippen LogP contribution in [0.5, 0.6) is 0 Å². The lowest BCUT2D eigenvalue weighted by Crippen LogP contribution is -2.37. The molecule has 0 aromatic carbocycles. The molecule has 0 aromatic heterocycles. The van der Waals surface area contributed by atoms with E-state index in [0.29, 0.717) is 24.4 Å². The number of hydrogen-bond donors (Lipinski definition) is 0. The molecule has 5 heteroatoms. The second-order valence-electron chi connectivity index (χ2n) is 7.06. The molecule has 0 N–H and O–H groups in total. The Morgan fingerprint density at radius 1 is 0.762 bits per heavy atom. The average Bonchev–Trinajstić information content (AvgIpc) is 3.34. The van der Waals surface area contributed by atoms with E-state index in [-0.39, 0.29) is 0 Å². The molecule has 5 nitrogen and oxygen atoms in total. The van der Waals surface area contributed by atoms with Gasteiger partial charge in [0.25, 0.3) is 0 Å². The van der Waals surface area contributed by atoms with Gasteiger partial charge in [0.1, 0.15) is 6.10 Å². The van der Waals surface area contributed by atoms with Gasteiger partial charge in [-0.15, -0.1) is 0 Å². The van der Waals surface area contributed by atoms with E-state index in [1.165, 1.54) is 32.2 Å². The van der Waals surface area contributed by atoms with Crippen LogP contribution in [0.15, 0.2) is 0 Å². The summed E-state index contributed by atoms with van der Waals surface area (Å²) in [6.45, 7) is 7.00. The van der Waals surface area contributed by atoms with Crippen molar-refractivity contribution in [3.8, 4) is 0 Å². The fourth-order valence-electron chi connectivity index (χ4n) is 3.40. The second-order valence-corrected chi connectivity index (χ2v) is 7.06. The predicted octanol–water partition coefficient (Wildman–Crippen LogP) is 1.06. The molecule has 3 heterocycles. The first kappa shape index (κ1) is 14.4. The van der Waals surface area contributed by atoms with Crippen molar-refractivity contribution in [2.75, 3.05) is 46.1 Å². The van der Waals surface area contributed by atoms with Crippen LogP contribution in [0, 0.1) is 5.92 Å². The van der Waals surface area contributed by atoms with E-state index in [4.69, 9.17) is 18.9 Å². The molecule has 0 radical (unpaired) electrons. The Morgan fingerprint density at radius 2 is 1.33 bits per heavy atom. The fourth-order valence-corrected chi connectivity index (χ4v) is 3.40. The standard InChI is InChI=1S/C16H27NO4/c1-3-13(18-10-16-11-21-16)4-2-12(1)5-17(6-14-8-19-14)7-15-9-20-15/h12-16H,1-11H2. The van der Waals surface area contributed by atoms with Gasteiger partial charge in [0.05, 0.1) is 44.7 Å².